The van der Waals surface area contributed by atoms with Gasteiger partial charge in [-0.2, -0.15) is 0 Å². The Hall–Kier alpha value is -1.45. The Morgan fingerprint density at radius 3 is 2.36 bits per heavy atom. The van der Waals surface area contributed by atoms with Crippen LogP contribution in [0.4, 0.5) is 8.78 Å². The fraction of sp³-hybridized carbons (Fsp3) is 0.300. The number of halogens is 2. The van der Waals surface area contributed by atoms with Crippen molar-refractivity contribution in [2.45, 2.75) is 19.3 Å². The Morgan fingerprint density at radius 2 is 1.93 bits per heavy atom. The maximum atomic E-state index is 13.2. The van der Waals surface area contributed by atoms with E-state index < -0.39 is 23.0 Å². The predicted molar refractivity (Wildman–Crippen MR) is 47.0 cm³/mol. The molecule has 0 heterocycles. The third kappa shape index (κ3) is 1.73. The van der Waals surface area contributed by atoms with Crippen LogP contribution >= 0.6 is 0 Å². The number of benzene rings is 1. The van der Waals surface area contributed by atoms with Crippen LogP contribution < -0.4 is 0 Å². The van der Waals surface area contributed by atoms with Crippen LogP contribution in [0.2, 0.25) is 0 Å². The van der Waals surface area contributed by atoms with Gasteiger partial charge in [0, 0.05) is 11.6 Å². The highest BCUT2D eigenvalue weighted by molar-refractivity contribution is 5.80. The van der Waals surface area contributed by atoms with Crippen molar-refractivity contribution >= 4 is 5.97 Å². The maximum Gasteiger partial charge on any atom is 0.313 e. The summed E-state index contributed by atoms with van der Waals surface area (Å²) in [5, 5.41) is 8.83. The maximum absolute atomic E-state index is 13.2. The second kappa shape index (κ2) is 3.36. The van der Waals surface area contributed by atoms with E-state index in [-0.39, 0.29) is 5.56 Å². The standard InChI is InChI=1S/C10H10F2O2/c1-10(2,9(13)14)7-4-3-6(11)5-8(7)12/h3-5H,1-2H3,(H,13,14). The summed E-state index contributed by atoms with van der Waals surface area (Å²) in [6.45, 7) is 2.73. The molecule has 0 amide bonds. The van der Waals surface area contributed by atoms with E-state index in [4.69, 9.17) is 5.11 Å². The third-order valence-corrected chi connectivity index (χ3v) is 2.14. The number of carbonyl (C=O) groups is 1. The zero-order valence-corrected chi connectivity index (χ0v) is 7.84. The molecule has 0 radical (unpaired) electrons. The lowest BCUT2D eigenvalue weighted by Gasteiger charge is -2.20. The Kier molecular flexibility index (Phi) is 2.55. The van der Waals surface area contributed by atoms with E-state index >= 15 is 0 Å². The topological polar surface area (TPSA) is 37.3 Å². The molecule has 1 aromatic carbocycles. The SMILES string of the molecule is CC(C)(C(=O)O)c1ccc(F)cc1F. The van der Waals surface area contributed by atoms with Crippen molar-refractivity contribution in [3.05, 3.63) is 35.4 Å². The Morgan fingerprint density at radius 1 is 1.36 bits per heavy atom. The van der Waals surface area contributed by atoms with E-state index in [1.165, 1.54) is 13.8 Å². The Labute approximate surface area is 80.2 Å². The molecular weight excluding hydrogens is 190 g/mol. The molecule has 0 spiro atoms. The summed E-state index contributed by atoms with van der Waals surface area (Å²) in [6, 6.07) is 2.88. The summed E-state index contributed by atoms with van der Waals surface area (Å²) in [5.74, 6) is -2.70. The molecule has 0 aliphatic heterocycles. The molecule has 0 unspecified atom stereocenters. The molecule has 0 atom stereocenters. The first-order valence-corrected chi connectivity index (χ1v) is 4.04. The number of aliphatic carboxylic acids is 1. The smallest absolute Gasteiger partial charge is 0.313 e. The highest BCUT2D eigenvalue weighted by Crippen LogP contribution is 2.26. The minimum atomic E-state index is -1.35. The van der Waals surface area contributed by atoms with Crippen LogP contribution in [0, 0.1) is 11.6 Å². The summed E-state index contributed by atoms with van der Waals surface area (Å²) in [6.07, 6.45) is 0. The van der Waals surface area contributed by atoms with Gasteiger partial charge >= 0.3 is 5.97 Å². The number of carboxylic acid groups (broad SMARTS) is 1. The van der Waals surface area contributed by atoms with Crippen LogP contribution in [0.1, 0.15) is 19.4 Å². The van der Waals surface area contributed by atoms with Crippen molar-refractivity contribution < 1.29 is 18.7 Å². The van der Waals surface area contributed by atoms with Gasteiger partial charge in [-0.25, -0.2) is 8.78 Å². The first kappa shape index (κ1) is 10.6. The Balaban J connectivity index is 3.26. The highest BCUT2D eigenvalue weighted by Gasteiger charge is 2.32. The molecule has 0 fully saturated rings. The number of hydrogen-bond donors (Lipinski definition) is 1. The normalized spacial score (nSPS) is 11.4. The number of rotatable bonds is 2. The largest absolute Gasteiger partial charge is 0.481 e. The van der Waals surface area contributed by atoms with Crippen LogP contribution in [0.15, 0.2) is 18.2 Å². The average Bonchev–Trinajstić information content (AvgIpc) is 2.02. The zero-order chi connectivity index (χ0) is 10.9. The van der Waals surface area contributed by atoms with Crippen LogP contribution in [0.25, 0.3) is 0 Å². The van der Waals surface area contributed by atoms with E-state index in [0.717, 1.165) is 12.1 Å². The molecule has 0 aliphatic rings. The molecule has 0 aliphatic carbocycles. The van der Waals surface area contributed by atoms with Crippen molar-refractivity contribution in [1.82, 2.24) is 0 Å². The van der Waals surface area contributed by atoms with Gasteiger partial charge < -0.3 is 5.11 Å². The summed E-state index contributed by atoms with van der Waals surface area (Å²) < 4.78 is 25.8. The third-order valence-electron chi connectivity index (χ3n) is 2.14. The summed E-state index contributed by atoms with van der Waals surface area (Å²) in [5.41, 5.74) is -1.37. The summed E-state index contributed by atoms with van der Waals surface area (Å²) >= 11 is 0. The van der Waals surface area contributed by atoms with Gasteiger partial charge in [-0.05, 0) is 19.9 Å². The lowest BCUT2D eigenvalue weighted by Crippen LogP contribution is -2.29. The van der Waals surface area contributed by atoms with E-state index in [9.17, 15) is 13.6 Å². The van der Waals surface area contributed by atoms with Gasteiger partial charge in [-0.3, -0.25) is 4.79 Å². The van der Waals surface area contributed by atoms with Gasteiger partial charge in [0.2, 0.25) is 0 Å². The predicted octanol–water partition coefficient (Wildman–Crippen LogP) is 2.33. The van der Waals surface area contributed by atoms with Gasteiger partial charge in [0.05, 0.1) is 5.41 Å². The van der Waals surface area contributed by atoms with Crippen LogP contribution in [-0.4, -0.2) is 11.1 Å². The van der Waals surface area contributed by atoms with Crippen LogP contribution in [0.5, 0.6) is 0 Å². The van der Waals surface area contributed by atoms with Crippen LogP contribution in [0.3, 0.4) is 0 Å². The van der Waals surface area contributed by atoms with Gasteiger partial charge in [-0.1, -0.05) is 6.07 Å². The van der Waals surface area contributed by atoms with E-state index in [1.807, 2.05) is 0 Å². The number of carboxylic acids is 1. The van der Waals surface area contributed by atoms with E-state index in [0.29, 0.717) is 6.07 Å². The Bertz CT molecular complexity index is 372. The second-order valence-electron chi connectivity index (χ2n) is 3.55. The molecule has 0 bridgehead atoms. The fourth-order valence-corrected chi connectivity index (χ4v) is 1.11. The van der Waals surface area contributed by atoms with Crippen molar-refractivity contribution in [1.29, 1.82) is 0 Å². The molecule has 1 rings (SSSR count). The zero-order valence-electron chi connectivity index (χ0n) is 7.84. The first-order valence-electron chi connectivity index (χ1n) is 4.04. The van der Waals surface area contributed by atoms with Gasteiger partial charge in [-0.15, -0.1) is 0 Å². The monoisotopic (exact) mass is 200 g/mol. The van der Waals surface area contributed by atoms with Crippen molar-refractivity contribution in [3.63, 3.8) is 0 Å². The molecule has 1 aromatic rings. The minimum absolute atomic E-state index is 0.0219. The second-order valence-corrected chi connectivity index (χ2v) is 3.55. The molecule has 0 saturated carbocycles. The van der Waals surface area contributed by atoms with E-state index in [1.54, 1.807) is 0 Å². The molecule has 76 valence electrons. The fourth-order valence-electron chi connectivity index (χ4n) is 1.11. The quantitative estimate of drug-likeness (QED) is 0.795. The minimum Gasteiger partial charge on any atom is -0.481 e. The van der Waals surface area contributed by atoms with Crippen molar-refractivity contribution in [2.75, 3.05) is 0 Å². The molecule has 14 heavy (non-hydrogen) atoms. The molecule has 1 N–H and O–H groups in total. The lowest BCUT2D eigenvalue weighted by atomic mass is 9.84. The highest BCUT2D eigenvalue weighted by atomic mass is 19.1. The molecule has 0 aromatic heterocycles. The van der Waals surface area contributed by atoms with Gasteiger partial charge in [0.15, 0.2) is 0 Å². The average molecular weight is 200 g/mol. The molecule has 2 nitrogen and oxygen atoms in total. The number of hydrogen-bond acceptors (Lipinski definition) is 1. The van der Waals surface area contributed by atoms with E-state index in [2.05, 4.69) is 0 Å². The summed E-state index contributed by atoms with van der Waals surface area (Å²) in [4.78, 5) is 10.8. The van der Waals surface area contributed by atoms with Crippen molar-refractivity contribution in [3.8, 4) is 0 Å². The van der Waals surface area contributed by atoms with Gasteiger partial charge in [0.25, 0.3) is 0 Å². The first-order chi connectivity index (χ1) is 6.35. The molecular formula is C10H10F2O2. The lowest BCUT2D eigenvalue weighted by molar-refractivity contribution is -0.142. The molecule has 4 heteroatoms. The van der Waals surface area contributed by atoms with Crippen LogP contribution in [-0.2, 0) is 10.2 Å². The van der Waals surface area contributed by atoms with Gasteiger partial charge in [0.1, 0.15) is 11.6 Å². The molecule has 0 saturated heterocycles. The van der Waals surface area contributed by atoms with Crippen molar-refractivity contribution in [2.24, 2.45) is 0 Å². The summed E-state index contributed by atoms with van der Waals surface area (Å²) in [7, 11) is 0.